The van der Waals surface area contributed by atoms with E-state index in [1.165, 1.54) is 12.8 Å². The first kappa shape index (κ1) is 12.7. The molecule has 0 amide bonds. The topological polar surface area (TPSA) is 20.3 Å². The SMILES string of the molecule is CCCC(=O)C(CC)(CC)N1CCCC1. The average Bonchev–Trinajstić information content (AvgIpc) is 2.75. The summed E-state index contributed by atoms with van der Waals surface area (Å²) < 4.78 is 0. The molecule has 1 aliphatic heterocycles. The zero-order valence-corrected chi connectivity index (χ0v) is 10.5. The van der Waals surface area contributed by atoms with Gasteiger partial charge in [-0.1, -0.05) is 20.8 Å². The van der Waals surface area contributed by atoms with Gasteiger partial charge in [0.15, 0.2) is 5.78 Å². The summed E-state index contributed by atoms with van der Waals surface area (Å²) in [6.45, 7) is 8.66. The van der Waals surface area contributed by atoms with Crippen molar-refractivity contribution in [1.29, 1.82) is 0 Å². The smallest absolute Gasteiger partial charge is 0.153 e. The van der Waals surface area contributed by atoms with Crippen LogP contribution in [0.25, 0.3) is 0 Å². The van der Waals surface area contributed by atoms with Crippen LogP contribution in [0.4, 0.5) is 0 Å². The molecule has 0 aromatic heterocycles. The van der Waals surface area contributed by atoms with E-state index in [2.05, 4.69) is 25.7 Å². The molecule has 1 rings (SSSR count). The molecule has 2 nitrogen and oxygen atoms in total. The normalized spacial score (nSPS) is 18.3. The Balaban J connectivity index is 2.79. The molecule has 0 spiro atoms. The van der Waals surface area contributed by atoms with Crippen molar-refractivity contribution in [2.24, 2.45) is 0 Å². The summed E-state index contributed by atoms with van der Waals surface area (Å²) in [7, 11) is 0. The quantitative estimate of drug-likeness (QED) is 0.673. The van der Waals surface area contributed by atoms with Gasteiger partial charge in [0.05, 0.1) is 5.54 Å². The zero-order chi connectivity index (χ0) is 11.3. The fraction of sp³-hybridized carbons (Fsp3) is 0.923. The van der Waals surface area contributed by atoms with Crippen molar-refractivity contribution < 1.29 is 4.79 Å². The second-order valence-corrected chi connectivity index (χ2v) is 4.61. The lowest BCUT2D eigenvalue weighted by Gasteiger charge is -2.39. The highest BCUT2D eigenvalue weighted by molar-refractivity contribution is 5.88. The van der Waals surface area contributed by atoms with Gasteiger partial charge in [-0.05, 0) is 45.2 Å². The number of ketones is 1. The van der Waals surface area contributed by atoms with Gasteiger partial charge in [-0.25, -0.2) is 0 Å². The predicted molar refractivity (Wildman–Crippen MR) is 64.0 cm³/mol. The third-order valence-electron chi connectivity index (χ3n) is 3.88. The Kier molecular flexibility index (Phi) is 4.78. The van der Waals surface area contributed by atoms with E-state index in [0.717, 1.165) is 38.8 Å². The third kappa shape index (κ3) is 2.41. The molecule has 0 aromatic carbocycles. The summed E-state index contributed by atoms with van der Waals surface area (Å²) >= 11 is 0. The van der Waals surface area contributed by atoms with Crippen molar-refractivity contribution in [1.82, 2.24) is 4.90 Å². The summed E-state index contributed by atoms with van der Waals surface area (Å²) in [5, 5.41) is 0. The Bertz CT molecular complexity index is 203. The molecule has 0 N–H and O–H groups in total. The van der Waals surface area contributed by atoms with E-state index >= 15 is 0 Å². The van der Waals surface area contributed by atoms with Gasteiger partial charge in [0.25, 0.3) is 0 Å². The second-order valence-electron chi connectivity index (χ2n) is 4.61. The summed E-state index contributed by atoms with van der Waals surface area (Å²) in [4.78, 5) is 14.7. The molecule has 0 saturated carbocycles. The fourth-order valence-corrected chi connectivity index (χ4v) is 2.87. The maximum absolute atomic E-state index is 12.3. The molecule has 2 heteroatoms. The first-order chi connectivity index (χ1) is 7.21. The number of carbonyl (C=O) groups excluding carboxylic acids is 1. The van der Waals surface area contributed by atoms with Crippen LogP contribution in [0.3, 0.4) is 0 Å². The summed E-state index contributed by atoms with van der Waals surface area (Å²) in [6, 6.07) is 0. The summed E-state index contributed by atoms with van der Waals surface area (Å²) in [6.07, 6.45) is 6.21. The maximum Gasteiger partial charge on any atom is 0.153 e. The molecule has 1 fully saturated rings. The second kappa shape index (κ2) is 5.64. The van der Waals surface area contributed by atoms with Crippen molar-refractivity contribution in [3.63, 3.8) is 0 Å². The van der Waals surface area contributed by atoms with E-state index in [4.69, 9.17) is 0 Å². The van der Waals surface area contributed by atoms with Crippen LogP contribution in [0.2, 0.25) is 0 Å². The van der Waals surface area contributed by atoms with Crippen molar-refractivity contribution in [3.8, 4) is 0 Å². The van der Waals surface area contributed by atoms with Crippen molar-refractivity contribution in [2.75, 3.05) is 13.1 Å². The van der Waals surface area contributed by atoms with Crippen LogP contribution in [0, 0.1) is 0 Å². The molecule has 15 heavy (non-hydrogen) atoms. The van der Waals surface area contributed by atoms with Crippen LogP contribution in [-0.4, -0.2) is 29.3 Å². The Morgan fingerprint density at radius 1 is 1.13 bits per heavy atom. The lowest BCUT2D eigenvalue weighted by Crippen LogP contribution is -2.52. The number of Topliss-reactive ketones (excluding diaryl/α,β-unsaturated/α-hetero) is 1. The highest BCUT2D eigenvalue weighted by Crippen LogP contribution is 2.30. The zero-order valence-electron chi connectivity index (χ0n) is 10.5. The number of likely N-dealkylation sites (tertiary alicyclic amines) is 1. The van der Waals surface area contributed by atoms with Crippen LogP contribution in [0.15, 0.2) is 0 Å². The molecule has 0 atom stereocenters. The number of nitrogens with zero attached hydrogens (tertiary/aromatic N) is 1. The van der Waals surface area contributed by atoms with Crippen LogP contribution in [0.5, 0.6) is 0 Å². The largest absolute Gasteiger partial charge is 0.298 e. The van der Waals surface area contributed by atoms with Crippen LogP contribution in [0.1, 0.15) is 59.3 Å². The van der Waals surface area contributed by atoms with Crippen molar-refractivity contribution in [2.45, 2.75) is 64.8 Å². The van der Waals surface area contributed by atoms with Gasteiger partial charge in [-0.2, -0.15) is 0 Å². The number of rotatable bonds is 6. The number of hydrogen-bond donors (Lipinski definition) is 0. The highest BCUT2D eigenvalue weighted by atomic mass is 16.1. The highest BCUT2D eigenvalue weighted by Gasteiger charge is 2.40. The van der Waals surface area contributed by atoms with Crippen molar-refractivity contribution in [3.05, 3.63) is 0 Å². The van der Waals surface area contributed by atoms with Crippen LogP contribution < -0.4 is 0 Å². The fourth-order valence-electron chi connectivity index (χ4n) is 2.87. The Labute approximate surface area is 94.0 Å². The van der Waals surface area contributed by atoms with E-state index in [0.29, 0.717) is 5.78 Å². The minimum absolute atomic E-state index is 0.132. The molecular formula is C13H25NO. The molecule has 0 bridgehead atoms. The van der Waals surface area contributed by atoms with Crippen LogP contribution in [-0.2, 0) is 4.79 Å². The minimum atomic E-state index is -0.132. The van der Waals surface area contributed by atoms with E-state index < -0.39 is 0 Å². The van der Waals surface area contributed by atoms with Gasteiger partial charge in [0, 0.05) is 6.42 Å². The molecule has 0 aliphatic carbocycles. The Morgan fingerprint density at radius 3 is 2.07 bits per heavy atom. The van der Waals surface area contributed by atoms with Gasteiger partial charge in [-0.3, -0.25) is 9.69 Å². The Morgan fingerprint density at radius 2 is 1.67 bits per heavy atom. The number of hydrogen-bond acceptors (Lipinski definition) is 2. The molecule has 88 valence electrons. The lowest BCUT2D eigenvalue weighted by molar-refractivity contribution is -0.131. The third-order valence-corrected chi connectivity index (χ3v) is 3.88. The van der Waals surface area contributed by atoms with Gasteiger partial charge in [-0.15, -0.1) is 0 Å². The maximum atomic E-state index is 12.3. The molecule has 0 unspecified atom stereocenters. The molecule has 1 aliphatic rings. The predicted octanol–water partition coefficient (Wildman–Crippen LogP) is 3.01. The van der Waals surface area contributed by atoms with Gasteiger partial charge >= 0.3 is 0 Å². The molecule has 0 radical (unpaired) electrons. The van der Waals surface area contributed by atoms with E-state index in [1.807, 2.05) is 0 Å². The van der Waals surface area contributed by atoms with E-state index in [9.17, 15) is 4.79 Å². The molecule has 1 saturated heterocycles. The van der Waals surface area contributed by atoms with E-state index in [1.54, 1.807) is 0 Å². The number of carbonyl (C=O) groups is 1. The summed E-state index contributed by atoms with van der Waals surface area (Å²) in [5.74, 6) is 0.469. The Hall–Kier alpha value is -0.370. The standard InChI is InChI=1S/C13H25NO/c1-4-9-12(15)13(5-2,6-3)14-10-7-8-11-14/h4-11H2,1-3H3. The molecular weight excluding hydrogens is 186 g/mol. The minimum Gasteiger partial charge on any atom is -0.298 e. The van der Waals surface area contributed by atoms with E-state index in [-0.39, 0.29) is 5.54 Å². The summed E-state index contributed by atoms with van der Waals surface area (Å²) in [5.41, 5.74) is -0.132. The lowest BCUT2D eigenvalue weighted by atomic mass is 9.84. The van der Waals surface area contributed by atoms with Crippen molar-refractivity contribution >= 4 is 5.78 Å². The first-order valence-electron chi connectivity index (χ1n) is 6.49. The van der Waals surface area contributed by atoms with Gasteiger partial charge in [0.2, 0.25) is 0 Å². The van der Waals surface area contributed by atoms with Gasteiger partial charge < -0.3 is 0 Å². The van der Waals surface area contributed by atoms with Gasteiger partial charge in [0.1, 0.15) is 0 Å². The monoisotopic (exact) mass is 211 g/mol. The van der Waals surface area contributed by atoms with Crippen LogP contribution >= 0.6 is 0 Å². The molecule has 0 aromatic rings. The average molecular weight is 211 g/mol. The first-order valence-corrected chi connectivity index (χ1v) is 6.49. The molecule has 1 heterocycles.